The number of thioether (sulfide) groups is 1. The summed E-state index contributed by atoms with van der Waals surface area (Å²) in [4.78, 5) is 37.9. The van der Waals surface area contributed by atoms with Crippen LogP contribution in [0.5, 0.6) is 0 Å². The molecule has 0 radical (unpaired) electrons. The molecular weight excluding hydrogens is 436 g/mol. The fourth-order valence-electron chi connectivity index (χ4n) is 3.42. The van der Waals surface area contributed by atoms with Crippen LogP contribution in [0.25, 0.3) is 0 Å². The molecule has 8 heteroatoms. The third kappa shape index (κ3) is 15.8. The van der Waals surface area contributed by atoms with Crippen molar-refractivity contribution in [2.75, 3.05) is 31.8 Å². The van der Waals surface area contributed by atoms with Crippen LogP contribution in [-0.4, -0.2) is 55.3 Å². The van der Waals surface area contributed by atoms with Crippen molar-refractivity contribution in [3.8, 4) is 0 Å². The Morgan fingerprint density at radius 2 is 1.74 bits per heavy atom. The van der Waals surface area contributed by atoms with Crippen LogP contribution in [0.4, 0.5) is 0 Å². The number of ether oxygens (including phenoxy) is 1. The normalized spacial score (nSPS) is 13.9. The maximum Gasteiger partial charge on any atom is 0.223 e. The highest BCUT2D eigenvalue weighted by Gasteiger charge is 2.28. The summed E-state index contributed by atoms with van der Waals surface area (Å²) in [6.07, 6.45) is 4.95. The second-order valence-electron chi connectivity index (χ2n) is 8.52. The van der Waals surface area contributed by atoms with Crippen LogP contribution in [0.3, 0.4) is 0 Å². The van der Waals surface area contributed by atoms with Crippen molar-refractivity contribution in [1.82, 2.24) is 5.32 Å². The van der Waals surface area contributed by atoms with Gasteiger partial charge in [0.2, 0.25) is 5.91 Å². The number of ketones is 2. The molecule has 0 aliphatic heterocycles. The number of unbranched alkanes of at least 4 members (excludes halogenated alkanes) is 1. The quantitative estimate of drug-likeness (QED) is 0.251. The predicted molar refractivity (Wildman–Crippen MR) is 124 cm³/mol. The lowest BCUT2D eigenvalue weighted by molar-refractivity contribution is -0.368. The third-order valence-electron chi connectivity index (χ3n) is 5.39. The predicted octanol–water partition coefficient (Wildman–Crippen LogP) is -0.106. The van der Waals surface area contributed by atoms with Gasteiger partial charge in [-0.3, -0.25) is 14.4 Å². The molecule has 0 aromatic carbocycles. The van der Waals surface area contributed by atoms with Gasteiger partial charge in [0.1, 0.15) is 5.78 Å². The molecule has 1 amide bonds. The summed E-state index contributed by atoms with van der Waals surface area (Å²) in [6.45, 7) is 9.22. The smallest absolute Gasteiger partial charge is 0.223 e. The van der Waals surface area contributed by atoms with Crippen LogP contribution in [-0.2, 0) is 19.1 Å². The maximum absolute atomic E-state index is 13.0. The van der Waals surface area contributed by atoms with Gasteiger partial charge in [-0.2, -0.15) is 11.8 Å². The van der Waals surface area contributed by atoms with Gasteiger partial charge in [-0.25, -0.2) is 0 Å². The molecule has 31 heavy (non-hydrogen) atoms. The standard InChI is InChI=1S/C23H44N2O4S.ClH/c1-6-19(10-13-30-14-12-29-5)23(28)25-21(15-17(2)3)22(27)16-20(18(4)26)9-7-8-11-24;/h17,19-21H,6-16,24H2,1-5H3,(H,25,28);1H/t19-,20+,21-;/m0./s1. The lowest BCUT2D eigenvalue weighted by atomic mass is 9.88. The zero-order valence-electron chi connectivity index (χ0n) is 20.2. The van der Waals surface area contributed by atoms with Crippen molar-refractivity contribution in [1.29, 1.82) is 0 Å². The van der Waals surface area contributed by atoms with Gasteiger partial charge >= 0.3 is 0 Å². The lowest BCUT2D eigenvalue weighted by Crippen LogP contribution is -3.00. The average molecular weight is 481 g/mol. The van der Waals surface area contributed by atoms with Crippen LogP contribution < -0.4 is 23.5 Å². The zero-order chi connectivity index (χ0) is 22.9. The van der Waals surface area contributed by atoms with E-state index in [0.717, 1.165) is 50.2 Å². The Balaban J connectivity index is 0. The highest BCUT2D eigenvalue weighted by molar-refractivity contribution is 7.99. The van der Waals surface area contributed by atoms with E-state index in [4.69, 9.17) is 4.74 Å². The van der Waals surface area contributed by atoms with E-state index in [2.05, 4.69) is 11.1 Å². The number of hydrogen-bond donors (Lipinski definition) is 2. The summed E-state index contributed by atoms with van der Waals surface area (Å²) in [5, 5.41) is 3.02. The molecule has 0 saturated heterocycles. The van der Waals surface area contributed by atoms with Crippen LogP contribution >= 0.6 is 11.8 Å². The van der Waals surface area contributed by atoms with Gasteiger partial charge in [0.25, 0.3) is 0 Å². The Kier molecular flexibility index (Phi) is 21.0. The van der Waals surface area contributed by atoms with Crippen molar-refractivity contribution >= 4 is 29.2 Å². The van der Waals surface area contributed by atoms with Gasteiger partial charge in [-0.15, -0.1) is 0 Å². The van der Waals surface area contributed by atoms with Gasteiger partial charge in [0.05, 0.1) is 19.2 Å². The molecule has 0 aliphatic carbocycles. The SMILES string of the molecule is CC[C@@H](CCSCCOC)C(=O)N[C@@H](CC(C)C)C(=O)C[C@@H](CCCC[NH3+])C(C)=O.[Cl-]. The van der Waals surface area contributed by atoms with Crippen LogP contribution in [0, 0.1) is 17.8 Å². The van der Waals surface area contributed by atoms with E-state index in [1.54, 1.807) is 25.8 Å². The topological polar surface area (TPSA) is 100 Å². The minimum atomic E-state index is -0.512. The second kappa shape index (κ2) is 20.0. The van der Waals surface area contributed by atoms with Crippen molar-refractivity contribution < 1.29 is 37.3 Å². The zero-order valence-corrected chi connectivity index (χ0v) is 21.8. The van der Waals surface area contributed by atoms with E-state index in [1.807, 2.05) is 20.8 Å². The number of rotatable bonds is 19. The minimum Gasteiger partial charge on any atom is -1.00 e. The number of halogens is 1. The summed E-state index contributed by atoms with van der Waals surface area (Å²) in [5.74, 6) is 1.75. The number of carbonyl (C=O) groups is 3. The van der Waals surface area contributed by atoms with Crippen LogP contribution in [0.1, 0.15) is 72.6 Å². The first-order chi connectivity index (χ1) is 14.3. The number of quaternary nitrogens is 1. The van der Waals surface area contributed by atoms with Gasteiger partial charge in [-0.05, 0) is 57.1 Å². The summed E-state index contributed by atoms with van der Waals surface area (Å²) in [5.41, 5.74) is 3.84. The first-order valence-corrected chi connectivity index (χ1v) is 12.6. The molecule has 0 aromatic rings. The van der Waals surface area contributed by atoms with Gasteiger partial charge in [0.15, 0.2) is 5.78 Å². The van der Waals surface area contributed by atoms with Crippen molar-refractivity contribution in [3.05, 3.63) is 0 Å². The summed E-state index contributed by atoms with van der Waals surface area (Å²) in [7, 11) is 1.69. The molecular formula is C23H45ClN2O4S. The summed E-state index contributed by atoms with van der Waals surface area (Å²) in [6, 6.07) is -0.512. The number of hydrogen-bond acceptors (Lipinski definition) is 5. The van der Waals surface area contributed by atoms with Crippen molar-refractivity contribution in [2.24, 2.45) is 17.8 Å². The van der Waals surface area contributed by atoms with Gasteiger partial charge in [0, 0.05) is 31.1 Å². The Labute approximate surface area is 200 Å². The van der Waals surface area contributed by atoms with E-state index < -0.39 is 6.04 Å². The molecule has 0 unspecified atom stereocenters. The van der Waals surface area contributed by atoms with E-state index in [-0.39, 0.29) is 54.1 Å². The minimum absolute atomic E-state index is 0. The highest BCUT2D eigenvalue weighted by Crippen LogP contribution is 2.19. The first kappa shape index (κ1) is 32.5. The van der Waals surface area contributed by atoms with Crippen LogP contribution in [0.2, 0.25) is 0 Å². The average Bonchev–Trinajstić information content (AvgIpc) is 2.68. The number of carbonyl (C=O) groups excluding carboxylic acids is 3. The number of amides is 1. The second-order valence-corrected chi connectivity index (χ2v) is 9.74. The third-order valence-corrected chi connectivity index (χ3v) is 6.37. The molecule has 0 aliphatic rings. The van der Waals surface area contributed by atoms with Crippen molar-refractivity contribution in [2.45, 2.75) is 78.7 Å². The molecule has 0 heterocycles. The highest BCUT2D eigenvalue weighted by atomic mass is 35.5. The van der Waals surface area contributed by atoms with Crippen molar-refractivity contribution in [3.63, 3.8) is 0 Å². The monoisotopic (exact) mass is 480 g/mol. The number of methoxy groups -OCH3 is 1. The molecule has 4 N–H and O–H groups in total. The van der Waals surface area contributed by atoms with E-state index in [9.17, 15) is 14.4 Å². The molecule has 184 valence electrons. The van der Waals surface area contributed by atoms with Crippen LogP contribution in [0.15, 0.2) is 0 Å². The Hall–Kier alpha value is -0.630. The molecule has 0 rings (SSSR count). The first-order valence-electron chi connectivity index (χ1n) is 11.5. The lowest BCUT2D eigenvalue weighted by Gasteiger charge is -2.24. The Bertz CT molecular complexity index is 506. The summed E-state index contributed by atoms with van der Waals surface area (Å²) >= 11 is 1.78. The van der Waals surface area contributed by atoms with Gasteiger partial charge < -0.3 is 28.2 Å². The fourth-order valence-corrected chi connectivity index (χ4v) is 4.36. The largest absolute Gasteiger partial charge is 1.00 e. The molecule has 6 nitrogen and oxygen atoms in total. The molecule has 0 saturated carbocycles. The van der Waals surface area contributed by atoms with E-state index in [0.29, 0.717) is 13.0 Å². The number of nitrogens with one attached hydrogen (secondary N) is 1. The fraction of sp³-hybridized carbons (Fsp3) is 0.870. The molecule has 0 aromatic heterocycles. The summed E-state index contributed by atoms with van der Waals surface area (Å²) < 4.78 is 5.05. The molecule has 3 atom stereocenters. The van der Waals surface area contributed by atoms with E-state index >= 15 is 0 Å². The molecule has 0 bridgehead atoms. The molecule has 0 spiro atoms. The van der Waals surface area contributed by atoms with E-state index in [1.165, 1.54) is 0 Å². The van der Waals surface area contributed by atoms with Gasteiger partial charge in [-0.1, -0.05) is 20.8 Å². The number of Topliss-reactive ketones (excluding diaryl/α,β-unsaturated/α-hetero) is 2. The maximum atomic E-state index is 13.0. The Morgan fingerprint density at radius 1 is 1.06 bits per heavy atom. The molecule has 0 fully saturated rings. The Morgan fingerprint density at radius 3 is 2.26 bits per heavy atom.